The second kappa shape index (κ2) is 13.6. The number of aliphatic hydroxyl groups excluding tert-OH is 1. The van der Waals surface area contributed by atoms with Gasteiger partial charge in [-0.3, -0.25) is 4.79 Å². The van der Waals surface area contributed by atoms with Gasteiger partial charge in [0.15, 0.2) is 11.5 Å². The van der Waals surface area contributed by atoms with Gasteiger partial charge in [0.1, 0.15) is 11.9 Å². The number of hydrogen-bond donors (Lipinski definition) is 4. The van der Waals surface area contributed by atoms with Gasteiger partial charge in [-0.05, 0) is 49.4 Å². The van der Waals surface area contributed by atoms with Crippen molar-refractivity contribution in [2.75, 3.05) is 49.5 Å². The van der Waals surface area contributed by atoms with Gasteiger partial charge < -0.3 is 45.1 Å². The predicted molar refractivity (Wildman–Crippen MR) is 165 cm³/mol. The lowest BCUT2D eigenvalue weighted by atomic mass is 10.0. The topological polar surface area (TPSA) is 142 Å². The molecule has 2 heterocycles. The maximum absolute atomic E-state index is 13.5. The third-order valence-electron chi connectivity index (χ3n) is 7.63. The quantitative estimate of drug-likeness (QED) is 0.314. The number of carbonyl (C=O) groups is 3. The summed E-state index contributed by atoms with van der Waals surface area (Å²) in [7, 11) is 1.69. The molecule has 3 aromatic rings. The van der Waals surface area contributed by atoms with Crippen LogP contribution in [0, 0.1) is 5.92 Å². The fourth-order valence-electron chi connectivity index (χ4n) is 5.09. The van der Waals surface area contributed by atoms with Crippen molar-refractivity contribution in [2.24, 2.45) is 5.92 Å². The number of nitrogens with zero attached hydrogens (tertiary/aromatic N) is 2. The summed E-state index contributed by atoms with van der Waals surface area (Å²) in [5, 5.41) is 18.4. The van der Waals surface area contributed by atoms with Crippen molar-refractivity contribution < 1.29 is 33.7 Å². The minimum absolute atomic E-state index is 0.00272. The molecule has 0 bridgehead atoms. The summed E-state index contributed by atoms with van der Waals surface area (Å²) in [6.07, 6.45) is -0.476. The summed E-state index contributed by atoms with van der Waals surface area (Å²) in [5.74, 6) is 1.27. The molecule has 5 amide bonds. The van der Waals surface area contributed by atoms with Crippen LogP contribution in [0.1, 0.15) is 19.4 Å². The number of carbonyl (C=O) groups excluding carboxylic acids is 3. The zero-order valence-corrected chi connectivity index (χ0v) is 24.9. The molecule has 0 radical (unpaired) electrons. The molecule has 2 aliphatic rings. The molecular formula is C32H37N5O7. The van der Waals surface area contributed by atoms with Gasteiger partial charge in [-0.15, -0.1) is 0 Å². The van der Waals surface area contributed by atoms with Crippen LogP contribution < -0.4 is 30.2 Å². The highest BCUT2D eigenvalue weighted by Crippen LogP contribution is 2.34. The van der Waals surface area contributed by atoms with E-state index in [-0.39, 0.29) is 44.2 Å². The van der Waals surface area contributed by atoms with Gasteiger partial charge in [-0.25, -0.2) is 9.59 Å². The molecular weight excluding hydrogens is 566 g/mol. The Labute approximate surface area is 255 Å². The average molecular weight is 604 g/mol. The predicted octanol–water partition coefficient (Wildman–Crippen LogP) is 4.37. The van der Waals surface area contributed by atoms with E-state index in [9.17, 15) is 19.5 Å². The summed E-state index contributed by atoms with van der Waals surface area (Å²) in [6, 6.07) is 18.2. The van der Waals surface area contributed by atoms with E-state index >= 15 is 0 Å². The first-order chi connectivity index (χ1) is 21.2. The second-order valence-corrected chi connectivity index (χ2v) is 11.0. The highest BCUT2D eigenvalue weighted by molar-refractivity contribution is 6.00. The molecule has 2 aliphatic heterocycles. The highest BCUT2D eigenvalue weighted by Gasteiger charge is 2.32. The Kier molecular flexibility index (Phi) is 9.39. The Morgan fingerprint density at radius 1 is 0.955 bits per heavy atom. The molecule has 3 aromatic carbocycles. The zero-order valence-electron chi connectivity index (χ0n) is 24.9. The van der Waals surface area contributed by atoms with Gasteiger partial charge in [-0.1, -0.05) is 25.1 Å². The zero-order chi connectivity index (χ0) is 31.2. The van der Waals surface area contributed by atoms with Crippen LogP contribution in [-0.4, -0.2) is 78.6 Å². The number of rotatable bonds is 7. The normalized spacial score (nSPS) is 18.1. The van der Waals surface area contributed by atoms with Crippen molar-refractivity contribution in [1.29, 1.82) is 0 Å². The molecule has 0 saturated carbocycles. The number of aliphatic hydroxyl groups is 1. The smallest absolute Gasteiger partial charge is 0.323 e. The van der Waals surface area contributed by atoms with E-state index in [2.05, 4.69) is 16.0 Å². The van der Waals surface area contributed by atoms with Crippen LogP contribution in [0.5, 0.6) is 17.2 Å². The SMILES string of the molecule is C[C@H]1CN([C@@H](C)CO)C(=O)Cc2cc(NC(=O)Nc3ccc4c(c3)OCO4)ccc2O[C@@H]1CN(C)C(=O)Nc1ccccc1. The first kappa shape index (κ1) is 30.5. The lowest BCUT2D eigenvalue weighted by Gasteiger charge is -2.34. The van der Waals surface area contributed by atoms with Crippen LogP contribution in [0.15, 0.2) is 66.7 Å². The van der Waals surface area contributed by atoms with Crippen LogP contribution in [0.4, 0.5) is 26.7 Å². The van der Waals surface area contributed by atoms with Gasteiger partial charge in [0.05, 0.1) is 25.6 Å². The molecule has 232 valence electrons. The maximum Gasteiger partial charge on any atom is 0.323 e. The van der Waals surface area contributed by atoms with Gasteiger partial charge >= 0.3 is 12.1 Å². The van der Waals surface area contributed by atoms with Crippen LogP contribution in [0.3, 0.4) is 0 Å². The number of anilines is 3. The van der Waals surface area contributed by atoms with Gasteiger partial charge in [0.2, 0.25) is 12.7 Å². The number of hydrogen-bond acceptors (Lipinski definition) is 7. The van der Waals surface area contributed by atoms with Gasteiger partial charge in [-0.2, -0.15) is 0 Å². The molecule has 0 aliphatic carbocycles. The molecule has 12 nitrogen and oxygen atoms in total. The molecule has 4 N–H and O–H groups in total. The van der Waals surface area contributed by atoms with Crippen LogP contribution in [-0.2, 0) is 11.2 Å². The summed E-state index contributed by atoms with van der Waals surface area (Å²) < 4.78 is 17.2. The number of likely N-dealkylation sites (N-methyl/N-ethyl adjacent to an activating group) is 1. The van der Waals surface area contributed by atoms with Gasteiger partial charge in [0.25, 0.3) is 0 Å². The van der Waals surface area contributed by atoms with Crippen molar-refractivity contribution in [3.63, 3.8) is 0 Å². The van der Waals surface area contributed by atoms with Crippen molar-refractivity contribution in [2.45, 2.75) is 32.4 Å². The molecule has 5 rings (SSSR count). The monoisotopic (exact) mass is 603 g/mol. The van der Waals surface area contributed by atoms with E-state index in [1.165, 1.54) is 0 Å². The molecule has 0 spiro atoms. The number of para-hydroxylation sites is 1. The standard InChI is InChI=1S/C32H37N5O7/c1-20-16-37(21(2)18-38)30(39)14-22-13-24(33-31(40)34-25-10-12-27-28(15-25)43-19-42-27)9-11-26(22)44-29(20)17-36(3)32(41)35-23-7-5-4-6-8-23/h4-13,15,20-21,29,38H,14,16-19H2,1-3H3,(H,35,41)(H2,33,34,40)/t20-,21-,29+/m0/s1. The van der Waals surface area contributed by atoms with Crippen molar-refractivity contribution in [3.8, 4) is 17.2 Å². The van der Waals surface area contributed by atoms with E-state index in [4.69, 9.17) is 14.2 Å². The minimum Gasteiger partial charge on any atom is -0.488 e. The molecule has 3 atom stereocenters. The Hall–Kier alpha value is -4.97. The fraction of sp³-hybridized carbons (Fsp3) is 0.344. The van der Waals surface area contributed by atoms with Crippen molar-refractivity contribution in [1.82, 2.24) is 9.80 Å². The van der Waals surface area contributed by atoms with E-state index in [0.717, 1.165) is 0 Å². The number of fused-ring (bicyclic) bond motifs is 2. The number of ether oxygens (including phenoxy) is 3. The van der Waals surface area contributed by atoms with Crippen molar-refractivity contribution >= 4 is 35.0 Å². The average Bonchev–Trinajstić information content (AvgIpc) is 3.49. The first-order valence-corrected chi connectivity index (χ1v) is 14.4. The largest absolute Gasteiger partial charge is 0.488 e. The Morgan fingerprint density at radius 2 is 1.64 bits per heavy atom. The third kappa shape index (κ3) is 7.32. The number of benzene rings is 3. The molecule has 0 aromatic heterocycles. The summed E-state index contributed by atoms with van der Waals surface area (Å²) in [6.45, 7) is 4.25. The van der Waals surface area contributed by atoms with E-state index in [1.807, 2.05) is 37.3 Å². The Balaban J connectivity index is 1.34. The molecule has 0 fully saturated rings. The first-order valence-electron chi connectivity index (χ1n) is 14.4. The fourth-order valence-corrected chi connectivity index (χ4v) is 5.09. The number of urea groups is 2. The van der Waals surface area contributed by atoms with E-state index in [0.29, 0.717) is 46.4 Å². The van der Waals surface area contributed by atoms with Crippen LogP contribution in [0.2, 0.25) is 0 Å². The summed E-state index contributed by atoms with van der Waals surface area (Å²) in [5.41, 5.74) is 2.23. The third-order valence-corrected chi connectivity index (χ3v) is 7.63. The number of amides is 5. The molecule has 0 saturated heterocycles. The van der Waals surface area contributed by atoms with E-state index in [1.54, 1.807) is 60.2 Å². The van der Waals surface area contributed by atoms with Crippen LogP contribution >= 0.6 is 0 Å². The Bertz CT molecular complexity index is 1500. The van der Waals surface area contributed by atoms with Crippen molar-refractivity contribution in [3.05, 3.63) is 72.3 Å². The lowest BCUT2D eigenvalue weighted by molar-refractivity contribution is -0.134. The highest BCUT2D eigenvalue weighted by atomic mass is 16.7. The molecule has 12 heteroatoms. The van der Waals surface area contributed by atoms with E-state index < -0.39 is 18.2 Å². The second-order valence-electron chi connectivity index (χ2n) is 11.0. The molecule has 0 unspecified atom stereocenters. The summed E-state index contributed by atoms with van der Waals surface area (Å²) >= 11 is 0. The maximum atomic E-state index is 13.5. The van der Waals surface area contributed by atoms with Crippen LogP contribution in [0.25, 0.3) is 0 Å². The molecule has 44 heavy (non-hydrogen) atoms. The Morgan fingerprint density at radius 3 is 2.36 bits per heavy atom. The van der Waals surface area contributed by atoms with Gasteiger partial charge in [0, 0.05) is 48.2 Å². The number of nitrogens with one attached hydrogen (secondary N) is 3. The summed E-state index contributed by atoms with van der Waals surface area (Å²) in [4.78, 5) is 42.5. The lowest BCUT2D eigenvalue weighted by Crippen LogP contribution is -2.48. The minimum atomic E-state index is -0.479.